The van der Waals surface area contributed by atoms with Crippen molar-refractivity contribution >= 4 is 44.9 Å². The summed E-state index contributed by atoms with van der Waals surface area (Å²) in [6, 6.07) is 1.56. The number of benzene rings is 1. The molecule has 2 aliphatic heterocycles. The van der Waals surface area contributed by atoms with E-state index in [1.54, 1.807) is 13.0 Å². The van der Waals surface area contributed by atoms with Gasteiger partial charge in [-0.3, -0.25) is 19.1 Å². The zero-order valence-electron chi connectivity index (χ0n) is 31.9. The van der Waals surface area contributed by atoms with Crippen molar-refractivity contribution in [3.8, 4) is 11.6 Å². The number of rotatable bonds is 8. The van der Waals surface area contributed by atoms with Crippen LogP contribution in [0.15, 0.2) is 30.4 Å². The first-order chi connectivity index (χ1) is 26.9. The molecule has 3 aliphatic carbocycles. The van der Waals surface area contributed by atoms with Crippen molar-refractivity contribution < 1.29 is 55.0 Å². The van der Waals surface area contributed by atoms with Crippen LogP contribution in [0.25, 0.3) is 11.0 Å². The van der Waals surface area contributed by atoms with Crippen molar-refractivity contribution in [1.82, 2.24) is 30.2 Å². The molecule has 57 heavy (non-hydrogen) atoms. The number of carbonyl (C=O) groups excluding carboxylic acids is 4. The zero-order valence-corrected chi connectivity index (χ0v) is 32.8. The van der Waals surface area contributed by atoms with Crippen molar-refractivity contribution in [3.63, 3.8) is 0 Å². The molecule has 0 spiro atoms. The average Bonchev–Trinajstić information content (AvgIpc) is 4.02. The van der Waals surface area contributed by atoms with Gasteiger partial charge < -0.3 is 29.7 Å². The van der Waals surface area contributed by atoms with Crippen LogP contribution in [0.1, 0.15) is 96.6 Å². The summed E-state index contributed by atoms with van der Waals surface area (Å²) in [5.74, 6) is -3.61. The smallest absolute Gasteiger partial charge is 0.438 e. The minimum absolute atomic E-state index is 0.0396. The molecular weight excluding hydrogens is 774 g/mol. The minimum Gasteiger partial charge on any atom is -0.497 e. The Balaban J connectivity index is 1.21. The Morgan fingerprint density at radius 2 is 1.77 bits per heavy atom. The summed E-state index contributed by atoms with van der Waals surface area (Å²) < 4.78 is 87.2. The molecule has 3 N–H and O–H groups in total. The van der Waals surface area contributed by atoms with E-state index in [1.165, 1.54) is 32.2 Å². The first-order valence-corrected chi connectivity index (χ1v) is 20.8. The highest BCUT2D eigenvalue weighted by Gasteiger charge is 2.63. The fourth-order valence-electron chi connectivity index (χ4n) is 7.69. The summed E-state index contributed by atoms with van der Waals surface area (Å²) in [5, 5.41) is 5.40. The van der Waals surface area contributed by atoms with Crippen molar-refractivity contribution in [2.24, 2.45) is 5.92 Å². The first kappa shape index (κ1) is 40.5. The summed E-state index contributed by atoms with van der Waals surface area (Å²) in [7, 11) is -2.71. The third kappa shape index (κ3) is 8.34. The van der Waals surface area contributed by atoms with Crippen molar-refractivity contribution in [2.75, 3.05) is 13.7 Å². The lowest BCUT2D eigenvalue weighted by atomic mass is 9.82. The summed E-state index contributed by atoms with van der Waals surface area (Å²) in [6.07, 6.45) is 1.90. The van der Waals surface area contributed by atoms with Crippen LogP contribution in [0.5, 0.6) is 11.6 Å². The van der Waals surface area contributed by atoms with Gasteiger partial charge in [-0.15, -0.1) is 0 Å². The number of fused-ring (bicyclic) bond motifs is 3. The molecule has 4 fully saturated rings. The molecule has 5 atom stereocenters. The van der Waals surface area contributed by atoms with Crippen LogP contribution in [-0.4, -0.2) is 94.8 Å². The summed E-state index contributed by atoms with van der Waals surface area (Å²) in [6.45, 7) is 2.92. The second-order valence-electron chi connectivity index (χ2n) is 16.3. The molecule has 3 heterocycles. The first-order valence-electron chi connectivity index (χ1n) is 19.3. The fraction of sp³-hybridized carbons (Fsp3) is 0.632. The van der Waals surface area contributed by atoms with Gasteiger partial charge in [0.2, 0.25) is 33.4 Å². The van der Waals surface area contributed by atoms with Gasteiger partial charge >= 0.3 is 12.3 Å². The highest BCUT2D eigenvalue weighted by atomic mass is 32.2. The van der Waals surface area contributed by atoms with Crippen LogP contribution in [0, 0.1) is 5.92 Å². The van der Waals surface area contributed by atoms with Crippen LogP contribution in [0.2, 0.25) is 0 Å². The van der Waals surface area contributed by atoms with Gasteiger partial charge in [-0.05, 0) is 83.8 Å². The van der Waals surface area contributed by atoms with Gasteiger partial charge in [0.05, 0.1) is 29.4 Å². The van der Waals surface area contributed by atoms with E-state index >= 15 is 0 Å². The standard InChI is InChI=1S/C38H47F3N6O9S/c1-35(14-9-15-35)56-34(51)44-26-11-8-6-4-5-7-10-22-20-37(22,33(50)46-57(52,53)36(2)16-17-36)45-30(48)28-19-24(21-47(28)32(26)49)55-31-29(38(39,40)41)42-25-13-12-23(54-3)18-27(25)43-31/h7,10,12-13,18,22,24,26,28H,4-6,8-9,11,14-17,19-21H2,1-3H3,(H,44,51)(H,45,48)(H,46,50)/b10-7-/t22?,24-,26+,28+,37-/m1/s1. The van der Waals surface area contributed by atoms with E-state index in [2.05, 4.69) is 25.3 Å². The number of halogens is 3. The zero-order chi connectivity index (χ0) is 41.0. The normalized spacial score (nSPS) is 28.9. The number of ether oxygens (including phenoxy) is 3. The van der Waals surface area contributed by atoms with Gasteiger partial charge in [0.1, 0.15) is 35.1 Å². The highest BCUT2D eigenvalue weighted by molar-refractivity contribution is 7.91. The number of alkyl carbamates (subject to hydrolysis) is 1. The van der Waals surface area contributed by atoms with E-state index in [9.17, 15) is 40.8 Å². The Labute approximate surface area is 327 Å². The van der Waals surface area contributed by atoms with E-state index in [4.69, 9.17) is 14.2 Å². The van der Waals surface area contributed by atoms with Crippen LogP contribution < -0.4 is 24.8 Å². The Morgan fingerprint density at radius 1 is 1.02 bits per heavy atom. The van der Waals surface area contributed by atoms with Gasteiger partial charge in [-0.25, -0.2) is 23.2 Å². The molecule has 0 bridgehead atoms. The molecule has 0 radical (unpaired) electrons. The molecule has 1 saturated heterocycles. The molecule has 3 saturated carbocycles. The Kier molecular flexibility index (Phi) is 10.6. The van der Waals surface area contributed by atoms with Crippen LogP contribution in [0.4, 0.5) is 18.0 Å². The topological polar surface area (TPSA) is 195 Å². The van der Waals surface area contributed by atoms with Crippen LogP contribution >= 0.6 is 0 Å². The maximum atomic E-state index is 14.5. The lowest BCUT2D eigenvalue weighted by Gasteiger charge is -2.38. The number of allylic oxidation sites excluding steroid dienone is 1. The third-order valence-corrected chi connectivity index (χ3v) is 14.1. The lowest BCUT2D eigenvalue weighted by molar-refractivity contribution is -0.143. The SMILES string of the molecule is COc1ccc2nc(C(F)(F)F)c(O[C@@H]3C[C@H]4C(=O)N[C@]5(C(=O)NS(=O)(=O)C6(C)CC6)CC5/C=C\CCCCC[C@H](NC(=O)OC5(C)CCC5)C(=O)N4C3)nc2c1. The number of alkyl halides is 3. The summed E-state index contributed by atoms with van der Waals surface area (Å²) >= 11 is 0. The second-order valence-corrected chi connectivity index (χ2v) is 18.5. The van der Waals surface area contributed by atoms with Gasteiger partial charge in [0.15, 0.2) is 0 Å². The molecule has 1 aromatic heterocycles. The van der Waals surface area contributed by atoms with Gasteiger partial charge in [-0.1, -0.05) is 25.0 Å². The number of nitrogens with one attached hydrogen (secondary N) is 3. The number of hydrogen-bond donors (Lipinski definition) is 3. The van der Waals surface area contributed by atoms with Crippen molar-refractivity contribution in [1.29, 1.82) is 0 Å². The van der Waals surface area contributed by atoms with E-state index in [0.717, 1.165) is 11.3 Å². The van der Waals surface area contributed by atoms with E-state index in [0.29, 0.717) is 57.1 Å². The predicted molar refractivity (Wildman–Crippen MR) is 197 cm³/mol. The van der Waals surface area contributed by atoms with Crippen LogP contribution in [-0.2, 0) is 35.3 Å². The van der Waals surface area contributed by atoms with E-state index in [1.807, 2.05) is 6.08 Å². The second kappa shape index (κ2) is 14.9. The van der Waals surface area contributed by atoms with Crippen LogP contribution in [0.3, 0.4) is 0 Å². The number of carbonyl (C=O) groups is 4. The highest BCUT2D eigenvalue weighted by Crippen LogP contribution is 2.48. The molecule has 15 nitrogen and oxygen atoms in total. The van der Waals surface area contributed by atoms with E-state index < -0.39 is 98.1 Å². The third-order valence-electron chi connectivity index (χ3n) is 11.9. The summed E-state index contributed by atoms with van der Waals surface area (Å²) in [5.41, 5.74) is -3.81. The lowest BCUT2D eigenvalue weighted by Crippen LogP contribution is -2.59. The fourth-order valence-corrected chi connectivity index (χ4v) is 9.00. The number of aromatic nitrogens is 2. The quantitative estimate of drug-likeness (QED) is 0.319. The summed E-state index contributed by atoms with van der Waals surface area (Å²) in [4.78, 5) is 64.9. The molecule has 4 amide bonds. The number of amides is 4. The average molecular weight is 821 g/mol. The van der Waals surface area contributed by atoms with Gasteiger partial charge in [0.25, 0.3) is 5.91 Å². The molecule has 1 aromatic carbocycles. The van der Waals surface area contributed by atoms with Crippen molar-refractivity contribution in [2.45, 2.75) is 131 Å². The molecule has 310 valence electrons. The Morgan fingerprint density at radius 3 is 2.44 bits per heavy atom. The molecule has 2 aromatic rings. The predicted octanol–water partition coefficient (Wildman–Crippen LogP) is 4.44. The van der Waals surface area contributed by atoms with E-state index in [-0.39, 0.29) is 30.3 Å². The maximum Gasteiger partial charge on any atom is 0.438 e. The molecule has 7 rings (SSSR count). The maximum absolute atomic E-state index is 14.5. The number of hydrogen-bond acceptors (Lipinski definition) is 11. The molecular formula is C38H47F3N6O9S. The monoisotopic (exact) mass is 820 g/mol. The van der Waals surface area contributed by atoms with Gasteiger partial charge in [-0.2, -0.15) is 13.2 Å². The van der Waals surface area contributed by atoms with Crippen molar-refractivity contribution in [3.05, 3.63) is 36.0 Å². The minimum atomic E-state index is -5.00. The Hall–Kier alpha value is -4.68. The van der Waals surface area contributed by atoms with Gasteiger partial charge in [0, 0.05) is 18.4 Å². The number of sulfonamides is 1. The molecule has 1 unspecified atom stereocenters. The molecule has 5 aliphatic rings. The number of nitrogens with zero attached hydrogens (tertiary/aromatic N) is 3. The molecule has 19 heteroatoms. The number of methoxy groups -OCH3 is 1. The largest absolute Gasteiger partial charge is 0.497 e. The Bertz CT molecular complexity index is 2090.